The highest BCUT2D eigenvalue weighted by atomic mass is 79.9. The third kappa shape index (κ3) is 6.66. The number of hydrogen-bond donors (Lipinski definition) is 0. The standard InChI is InChI=1S/C13H21BrOS/c1-2-3-4-5-6-7-10-15-11-12-8-9-13(14)16-12/h8-9H,2-7,10-11H2,1H3. The van der Waals surface area contributed by atoms with Crippen LogP contribution in [-0.4, -0.2) is 6.61 Å². The molecule has 16 heavy (non-hydrogen) atoms. The average Bonchev–Trinajstić information content (AvgIpc) is 2.68. The second-order valence-corrected chi connectivity index (χ2v) is 6.57. The molecule has 0 aliphatic carbocycles. The Bertz CT molecular complexity index is 273. The first-order valence-electron chi connectivity index (χ1n) is 6.15. The molecule has 1 aromatic rings. The second kappa shape index (κ2) is 9.20. The minimum Gasteiger partial charge on any atom is -0.376 e. The van der Waals surface area contributed by atoms with Crippen molar-refractivity contribution in [3.63, 3.8) is 0 Å². The van der Waals surface area contributed by atoms with Gasteiger partial charge in [-0.25, -0.2) is 0 Å². The van der Waals surface area contributed by atoms with Gasteiger partial charge in [0.15, 0.2) is 0 Å². The van der Waals surface area contributed by atoms with Gasteiger partial charge in [-0.3, -0.25) is 0 Å². The summed E-state index contributed by atoms with van der Waals surface area (Å²) in [5.74, 6) is 0. The van der Waals surface area contributed by atoms with Crippen molar-refractivity contribution in [2.75, 3.05) is 6.61 Å². The molecule has 92 valence electrons. The first kappa shape index (κ1) is 14.2. The molecule has 1 rings (SSSR count). The van der Waals surface area contributed by atoms with E-state index in [0.717, 1.165) is 13.2 Å². The highest BCUT2D eigenvalue weighted by Crippen LogP contribution is 2.22. The lowest BCUT2D eigenvalue weighted by molar-refractivity contribution is 0.119. The van der Waals surface area contributed by atoms with E-state index in [1.54, 1.807) is 11.3 Å². The second-order valence-electron chi connectivity index (χ2n) is 4.03. The number of rotatable bonds is 9. The monoisotopic (exact) mass is 304 g/mol. The summed E-state index contributed by atoms with van der Waals surface area (Å²) < 4.78 is 6.81. The smallest absolute Gasteiger partial charge is 0.0809 e. The zero-order chi connectivity index (χ0) is 11.6. The zero-order valence-electron chi connectivity index (χ0n) is 10.0. The number of unbranched alkanes of at least 4 members (excludes halogenated alkanes) is 5. The van der Waals surface area contributed by atoms with Crippen molar-refractivity contribution in [2.45, 2.75) is 52.1 Å². The molecule has 1 aromatic heterocycles. The summed E-state index contributed by atoms with van der Waals surface area (Å²) in [5.41, 5.74) is 0. The summed E-state index contributed by atoms with van der Waals surface area (Å²) >= 11 is 5.21. The van der Waals surface area contributed by atoms with Gasteiger partial charge in [0.25, 0.3) is 0 Å². The van der Waals surface area contributed by atoms with Crippen LogP contribution in [-0.2, 0) is 11.3 Å². The molecule has 0 aliphatic rings. The van der Waals surface area contributed by atoms with E-state index in [0.29, 0.717) is 0 Å². The van der Waals surface area contributed by atoms with E-state index < -0.39 is 0 Å². The highest BCUT2D eigenvalue weighted by molar-refractivity contribution is 9.11. The Kier molecular flexibility index (Phi) is 8.17. The first-order chi connectivity index (χ1) is 7.83. The normalized spacial score (nSPS) is 10.9. The van der Waals surface area contributed by atoms with Gasteiger partial charge in [-0.2, -0.15) is 0 Å². The van der Waals surface area contributed by atoms with Gasteiger partial charge in [0.1, 0.15) is 0 Å². The fourth-order valence-electron chi connectivity index (χ4n) is 1.59. The van der Waals surface area contributed by atoms with Crippen LogP contribution in [0.25, 0.3) is 0 Å². The quantitative estimate of drug-likeness (QED) is 0.556. The molecular formula is C13H21BrOS. The molecule has 0 saturated carbocycles. The third-order valence-corrected chi connectivity index (χ3v) is 4.11. The number of halogens is 1. The predicted molar refractivity (Wildman–Crippen MR) is 75.1 cm³/mol. The first-order valence-corrected chi connectivity index (χ1v) is 7.76. The Morgan fingerprint density at radius 2 is 1.88 bits per heavy atom. The molecule has 0 spiro atoms. The van der Waals surface area contributed by atoms with Crippen molar-refractivity contribution in [1.29, 1.82) is 0 Å². The van der Waals surface area contributed by atoms with Gasteiger partial charge in [0.2, 0.25) is 0 Å². The zero-order valence-corrected chi connectivity index (χ0v) is 12.4. The molecule has 1 nitrogen and oxygen atoms in total. The molecule has 0 radical (unpaired) electrons. The van der Waals surface area contributed by atoms with Crippen molar-refractivity contribution in [3.05, 3.63) is 20.8 Å². The van der Waals surface area contributed by atoms with E-state index in [-0.39, 0.29) is 0 Å². The fourth-order valence-corrected chi connectivity index (χ4v) is 3.01. The van der Waals surface area contributed by atoms with Crippen LogP contribution in [0.15, 0.2) is 15.9 Å². The minimum absolute atomic E-state index is 0.769. The van der Waals surface area contributed by atoms with Crippen LogP contribution < -0.4 is 0 Å². The maximum atomic E-state index is 5.63. The van der Waals surface area contributed by atoms with Gasteiger partial charge in [-0.05, 0) is 34.5 Å². The third-order valence-electron chi connectivity index (χ3n) is 2.52. The number of ether oxygens (including phenoxy) is 1. The van der Waals surface area contributed by atoms with Crippen LogP contribution in [0.3, 0.4) is 0 Å². The largest absolute Gasteiger partial charge is 0.376 e. The average molecular weight is 305 g/mol. The summed E-state index contributed by atoms with van der Waals surface area (Å²) in [4.78, 5) is 1.30. The topological polar surface area (TPSA) is 9.23 Å². The highest BCUT2D eigenvalue weighted by Gasteiger charge is 1.97. The maximum Gasteiger partial charge on any atom is 0.0809 e. The molecule has 0 bridgehead atoms. The van der Waals surface area contributed by atoms with Gasteiger partial charge in [0.05, 0.1) is 10.4 Å². The van der Waals surface area contributed by atoms with E-state index in [1.165, 1.54) is 47.2 Å². The van der Waals surface area contributed by atoms with Crippen molar-refractivity contribution in [2.24, 2.45) is 0 Å². The van der Waals surface area contributed by atoms with E-state index >= 15 is 0 Å². The molecule has 0 fully saturated rings. The molecule has 0 amide bonds. The minimum atomic E-state index is 0.769. The summed E-state index contributed by atoms with van der Waals surface area (Å²) in [6.07, 6.45) is 7.97. The Balaban J connectivity index is 1.88. The summed E-state index contributed by atoms with van der Waals surface area (Å²) in [6.45, 7) is 3.93. The fraction of sp³-hybridized carbons (Fsp3) is 0.692. The lowest BCUT2D eigenvalue weighted by atomic mass is 10.1. The van der Waals surface area contributed by atoms with Crippen molar-refractivity contribution < 1.29 is 4.74 Å². The lowest BCUT2D eigenvalue weighted by Gasteiger charge is -2.02. The molecule has 0 atom stereocenters. The van der Waals surface area contributed by atoms with E-state index in [9.17, 15) is 0 Å². The van der Waals surface area contributed by atoms with Crippen molar-refractivity contribution >= 4 is 27.3 Å². The summed E-state index contributed by atoms with van der Waals surface area (Å²) in [7, 11) is 0. The van der Waals surface area contributed by atoms with Crippen molar-refractivity contribution in [3.8, 4) is 0 Å². The van der Waals surface area contributed by atoms with E-state index in [2.05, 4.69) is 35.0 Å². The Labute approximate surface area is 111 Å². The SMILES string of the molecule is CCCCCCCCOCc1ccc(Br)s1. The van der Waals surface area contributed by atoms with E-state index in [4.69, 9.17) is 4.74 Å². The maximum absolute atomic E-state index is 5.63. The van der Waals surface area contributed by atoms with Crippen LogP contribution in [0.1, 0.15) is 50.3 Å². The molecule has 0 saturated heterocycles. The molecule has 0 aliphatic heterocycles. The molecular weight excluding hydrogens is 284 g/mol. The molecule has 0 N–H and O–H groups in total. The van der Waals surface area contributed by atoms with Gasteiger partial charge in [0, 0.05) is 11.5 Å². The van der Waals surface area contributed by atoms with E-state index in [1.807, 2.05) is 0 Å². The van der Waals surface area contributed by atoms with Crippen LogP contribution in [0, 0.1) is 0 Å². The Morgan fingerprint density at radius 3 is 2.56 bits per heavy atom. The molecule has 1 heterocycles. The Morgan fingerprint density at radius 1 is 1.12 bits per heavy atom. The Hall–Kier alpha value is 0.140. The summed E-state index contributed by atoms with van der Waals surface area (Å²) in [6, 6.07) is 4.20. The summed E-state index contributed by atoms with van der Waals surface area (Å²) in [5, 5.41) is 0. The van der Waals surface area contributed by atoms with Crippen LogP contribution in [0.5, 0.6) is 0 Å². The van der Waals surface area contributed by atoms with Gasteiger partial charge in [-0.15, -0.1) is 11.3 Å². The lowest BCUT2D eigenvalue weighted by Crippen LogP contribution is -1.93. The predicted octanol–water partition coefficient (Wildman–Crippen LogP) is 5.39. The van der Waals surface area contributed by atoms with Crippen LogP contribution in [0.4, 0.5) is 0 Å². The molecule has 0 unspecified atom stereocenters. The van der Waals surface area contributed by atoms with Crippen LogP contribution in [0.2, 0.25) is 0 Å². The molecule has 0 aromatic carbocycles. The molecule has 3 heteroatoms. The van der Waals surface area contributed by atoms with Crippen LogP contribution >= 0.6 is 27.3 Å². The number of thiophene rings is 1. The van der Waals surface area contributed by atoms with Gasteiger partial charge >= 0.3 is 0 Å². The van der Waals surface area contributed by atoms with Crippen molar-refractivity contribution in [1.82, 2.24) is 0 Å². The van der Waals surface area contributed by atoms with Gasteiger partial charge in [-0.1, -0.05) is 39.0 Å². The number of hydrogen-bond acceptors (Lipinski definition) is 2. The van der Waals surface area contributed by atoms with Gasteiger partial charge < -0.3 is 4.74 Å².